The normalized spacial score (nSPS) is 12.3. The van der Waals surface area contributed by atoms with Crippen LogP contribution in [0.15, 0.2) is 54.6 Å². The molecule has 0 aromatic heterocycles. The molecule has 2 aromatic carbocycles. The lowest BCUT2D eigenvalue weighted by Gasteiger charge is -2.22. The molecule has 20 heavy (non-hydrogen) atoms. The highest BCUT2D eigenvalue weighted by Gasteiger charge is 2.14. The van der Waals surface area contributed by atoms with Crippen LogP contribution in [-0.4, -0.2) is 6.54 Å². The van der Waals surface area contributed by atoms with Gasteiger partial charge in [0.2, 0.25) is 0 Å². The molecule has 0 saturated heterocycles. The molecule has 0 saturated carbocycles. The van der Waals surface area contributed by atoms with Crippen LogP contribution < -0.4 is 5.32 Å². The molecule has 2 aromatic rings. The minimum atomic E-state index is 0.411. The summed E-state index contributed by atoms with van der Waals surface area (Å²) in [5, 5.41) is 3.71. The van der Waals surface area contributed by atoms with Crippen molar-refractivity contribution in [3.63, 3.8) is 0 Å². The van der Waals surface area contributed by atoms with E-state index >= 15 is 0 Å². The first-order valence-electron chi connectivity index (χ1n) is 7.70. The molecule has 0 aliphatic heterocycles. The largest absolute Gasteiger partial charge is 0.310 e. The average Bonchev–Trinajstić information content (AvgIpc) is 2.52. The van der Waals surface area contributed by atoms with Crippen molar-refractivity contribution in [3.05, 3.63) is 71.3 Å². The van der Waals surface area contributed by atoms with Crippen molar-refractivity contribution in [1.82, 2.24) is 5.32 Å². The van der Waals surface area contributed by atoms with Gasteiger partial charge in [0, 0.05) is 6.04 Å². The van der Waals surface area contributed by atoms with Gasteiger partial charge in [-0.3, -0.25) is 0 Å². The number of rotatable bonds is 7. The first kappa shape index (κ1) is 14.8. The zero-order chi connectivity index (χ0) is 14.2. The molecule has 2 rings (SSSR count). The van der Waals surface area contributed by atoms with E-state index in [-0.39, 0.29) is 0 Å². The summed E-state index contributed by atoms with van der Waals surface area (Å²) in [6, 6.07) is 20.0. The van der Waals surface area contributed by atoms with E-state index in [0.717, 1.165) is 19.4 Å². The molecule has 1 atom stereocenters. The SMILES string of the molecule is CCCNC(Cc1ccccc1)c1ccccc1CC. The Bertz CT molecular complexity index is 504. The second kappa shape index (κ2) is 7.86. The maximum atomic E-state index is 3.71. The fraction of sp³-hybridized carbons (Fsp3) is 0.368. The van der Waals surface area contributed by atoms with Crippen LogP contribution in [0.2, 0.25) is 0 Å². The summed E-state index contributed by atoms with van der Waals surface area (Å²) in [6.07, 6.45) is 3.31. The quantitative estimate of drug-likeness (QED) is 0.777. The van der Waals surface area contributed by atoms with E-state index in [1.807, 2.05) is 0 Å². The Morgan fingerprint density at radius 3 is 2.30 bits per heavy atom. The molecule has 0 radical (unpaired) electrons. The number of aryl methyl sites for hydroxylation is 1. The highest BCUT2D eigenvalue weighted by atomic mass is 14.9. The van der Waals surface area contributed by atoms with E-state index in [0.29, 0.717) is 6.04 Å². The highest BCUT2D eigenvalue weighted by Crippen LogP contribution is 2.22. The molecule has 0 heterocycles. The Balaban J connectivity index is 2.22. The van der Waals surface area contributed by atoms with E-state index in [4.69, 9.17) is 0 Å². The molecule has 0 bridgehead atoms. The molecule has 106 valence electrons. The first-order valence-corrected chi connectivity index (χ1v) is 7.70. The summed E-state index contributed by atoms with van der Waals surface area (Å²) in [6.45, 7) is 5.52. The summed E-state index contributed by atoms with van der Waals surface area (Å²) in [7, 11) is 0. The smallest absolute Gasteiger partial charge is 0.0363 e. The van der Waals surface area contributed by atoms with Gasteiger partial charge >= 0.3 is 0 Å². The molecule has 1 N–H and O–H groups in total. The van der Waals surface area contributed by atoms with Crippen molar-refractivity contribution in [2.75, 3.05) is 6.54 Å². The summed E-state index contributed by atoms with van der Waals surface area (Å²) < 4.78 is 0. The Morgan fingerprint density at radius 1 is 0.900 bits per heavy atom. The van der Waals surface area contributed by atoms with Gasteiger partial charge in [-0.1, -0.05) is 68.4 Å². The Morgan fingerprint density at radius 2 is 1.60 bits per heavy atom. The van der Waals surface area contributed by atoms with E-state index in [9.17, 15) is 0 Å². The standard InChI is InChI=1S/C19H25N/c1-3-14-20-19(15-16-10-6-5-7-11-16)18-13-9-8-12-17(18)4-2/h5-13,19-20H,3-4,14-15H2,1-2H3. The fourth-order valence-corrected chi connectivity index (χ4v) is 2.66. The third-order valence-corrected chi connectivity index (χ3v) is 3.73. The van der Waals surface area contributed by atoms with E-state index in [2.05, 4.69) is 73.8 Å². The van der Waals surface area contributed by atoms with Crippen LogP contribution in [0.4, 0.5) is 0 Å². The zero-order valence-electron chi connectivity index (χ0n) is 12.6. The summed E-state index contributed by atoms with van der Waals surface area (Å²) in [4.78, 5) is 0. The van der Waals surface area contributed by atoms with E-state index in [1.165, 1.54) is 23.1 Å². The fourth-order valence-electron chi connectivity index (χ4n) is 2.66. The number of hydrogen-bond donors (Lipinski definition) is 1. The van der Waals surface area contributed by atoms with Gasteiger partial charge in [0.25, 0.3) is 0 Å². The molecule has 0 aliphatic rings. The van der Waals surface area contributed by atoms with Gasteiger partial charge < -0.3 is 5.32 Å². The molecule has 1 unspecified atom stereocenters. The average molecular weight is 267 g/mol. The Hall–Kier alpha value is -1.60. The minimum absolute atomic E-state index is 0.411. The van der Waals surface area contributed by atoms with E-state index < -0.39 is 0 Å². The summed E-state index contributed by atoms with van der Waals surface area (Å²) in [5.41, 5.74) is 4.30. The molecular weight excluding hydrogens is 242 g/mol. The number of hydrogen-bond acceptors (Lipinski definition) is 1. The van der Waals surface area contributed by atoms with Crippen molar-refractivity contribution in [1.29, 1.82) is 0 Å². The highest BCUT2D eigenvalue weighted by molar-refractivity contribution is 5.32. The van der Waals surface area contributed by atoms with Crippen molar-refractivity contribution >= 4 is 0 Å². The van der Waals surface area contributed by atoms with Crippen LogP contribution in [0.1, 0.15) is 43.0 Å². The predicted octanol–water partition coefficient (Wildman–Crippen LogP) is 4.53. The third kappa shape index (κ3) is 3.94. The van der Waals surface area contributed by atoms with Gasteiger partial charge in [0.15, 0.2) is 0 Å². The molecule has 0 amide bonds. The summed E-state index contributed by atoms with van der Waals surface area (Å²) in [5.74, 6) is 0. The zero-order valence-corrected chi connectivity index (χ0v) is 12.6. The second-order valence-corrected chi connectivity index (χ2v) is 5.25. The Labute approximate surface area is 123 Å². The van der Waals surface area contributed by atoms with Crippen LogP contribution in [0, 0.1) is 0 Å². The molecule has 0 aliphatic carbocycles. The summed E-state index contributed by atoms with van der Waals surface area (Å²) >= 11 is 0. The van der Waals surface area contributed by atoms with Gasteiger partial charge in [-0.15, -0.1) is 0 Å². The van der Waals surface area contributed by atoms with Gasteiger partial charge in [0.1, 0.15) is 0 Å². The van der Waals surface area contributed by atoms with Crippen LogP contribution in [-0.2, 0) is 12.8 Å². The van der Waals surface area contributed by atoms with Gasteiger partial charge in [-0.2, -0.15) is 0 Å². The van der Waals surface area contributed by atoms with Crippen LogP contribution in [0.5, 0.6) is 0 Å². The van der Waals surface area contributed by atoms with Crippen molar-refractivity contribution in [3.8, 4) is 0 Å². The van der Waals surface area contributed by atoms with Crippen LogP contribution >= 0.6 is 0 Å². The molecule has 1 nitrogen and oxygen atoms in total. The molecular formula is C19H25N. The van der Waals surface area contributed by atoms with Crippen LogP contribution in [0.25, 0.3) is 0 Å². The second-order valence-electron chi connectivity index (χ2n) is 5.25. The lowest BCUT2D eigenvalue weighted by atomic mass is 9.93. The van der Waals surface area contributed by atoms with Crippen molar-refractivity contribution in [2.45, 2.75) is 39.2 Å². The van der Waals surface area contributed by atoms with Crippen molar-refractivity contribution in [2.24, 2.45) is 0 Å². The lowest BCUT2D eigenvalue weighted by Crippen LogP contribution is -2.25. The first-order chi connectivity index (χ1) is 9.85. The van der Waals surface area contributed by atoms with Crippen LogP contribution in [0.3, 0.4) is 0 Å². The third-order valence-electron chi connectivity index (χ3n) is 3.73. The minimum Gasteiger partial charge on any atom is -0.310 e. The number of nitrogens with one attached hydrogen (secondary N) is 1. The maximum Gasteiger partial charge on any atom is 0.0363 e. The van der Waals surface area contributed by atoms with E-state index in [1.54, 1.807) is 0 Å². The monoisotopic (exact) mass is 267 g/mol. The molecule has 0 spiro atoms. The topological polar surface area (TPSA) is 12.0 Å². The number of benzene rings is 2. The van der Waals surface area contributed by atoms with Gasteiger partial charge in [-0.25, -0.2) is 0 Å². The van der Waals surface area contributed by atoms with Crippen molar-refractivity contribution < 1.29 is 0 Å². The lowest BCUT2D eigenvalue weighted by molar-refractivity contribution is 0.526. The predicted molar refractivity (Wildman–Crippen MR) is 87.0 cm³/mol. The Kier molecular flexibility index (Phi) is 5.82. The maximum absolute atomic E-state index is 3.71. The van der Waals surface area contributed by atoms with Gasteiger partial charge in [0.05, 0.1) is 0 Å². The molecule has 1 heteroatoms. The molecule has 0 fully saturated rings. The van der Waals surface area contributed by atoms with Gasteiger partial charge in [-0.05, 0) is 42.5 Å².